The fourth-order valence-corrected chi connectivity index (χ4v) is 5.46. The normalized spacial score (nSPS) is 36.4. The maximum atomic E-state index is 13.5. The van der Waals surface area contributed by atoms with Crippen LogP contribution < -0.4 is 4.90 Å². The second-order valence-electron chi connectivity index (χ2n) is 8.48. The molecular weight excluding hydrogens is 422 g/mol. The lowest BCUT2D eigenvalue weighted by Gasteiger charge is -2.28. The van der Waals surface area contributed by atoms with E-state index in [1.54, 1.807) is 6.07 Å². The van der Waals surface area contributed by atoms with E-state index in [0.717, 1.165) is 23.5 Å². The topological polar surface area (TPSA) is 104 Å². The summed E-state index contributed by atoms with van der Waals surface area (Å²) in [4.78, 5) is 6.52. The summed E-state index contributed by atoms with van der Waals surface area (Å²) in [6.45, 7) is 0.931. The van der Waals surface area contributed by atoms with Gasteiger partial charge in [0.25, 0.3) is 6.43 Å². The predicted molar refractivity (Wildman–Crippen MR) is 104 cm³/mol. The number of hydrogen-bond donors (Lipinski definition) is 3. The number of halogens is 3. The number of nitrogens with zero attached hydrogens (tertiary/aromatic N) is 4. The van der Waals surface area contributed by atoms with Gasteiger partial charge in [-0.15, -0.1) is 0 Å². The third-order valence-corrected chi connectivity index (χ3v) is 7.09. The van der Waals surface area contributed by atoms with Crippen LogP contribution in [-0.2, 0) is 4.74 Å². The third-order valence-electron chi connectivity index (χ3n) is 6.90. The second kappa shape index (κ2) is 7.23. The van der Waals surface area contributed by atoms with E-state index in [1.165, 1.54) is 25.5 Å². The van der Waals surface area contributed by atoms with E-state index in [4.69, 9.17) is 16.3 Å². The molecule has 1 aliphatic carbocycles. The van der Waals surface area contributed by atoms with Gasteiger partial charge in [-0.05, 0) is 30.7 Å². The largest absolute Gasteiger partial charge is 0.394 e. The number of anilines is 1. The molecule has 2 aromatic rings. The number of hydrogen-bond acceptors (Lipinski definition) is 7. The Morgan fingerprint density at radius 2 is 2.00 bits per heavy atom. The van der Waals surface area contributed by atoms with E-state index in [2.05, 4.69) is 15.0 Å². The first-order valence-corrected chi connectivity index (χ1v) is 10.5. The minimum atomic E-state index is -3.33. The highest BCUT2D eigenvalue weighted by Gasteiger charge is 2.62. The maximum Gasteiger partial charge on any atom is 0.272 e. The number of rotatable bonds is 4. The molecule has 3 aliphatic rings. The Hall–Kier alpha value is -1.59. The van der Waals surface area contributed by atoms with Crippen molar-refractivity contribution in [2.45, 2.75) is 49.7 Å². The van der Waals surface area contributed by atoms with E-state index >= 15 is 0 Å². The van der Waals surface area contributed by atoms with Crippen molar-refractivity contribution in [3.05, 3.63) is 17.4 Å². The Kier molecular flexibility index (Phi) is 4.90. The fourth-order valence-electron chi connectivity index (χ4n) is 5.27. The van der Waals surface area contributed by atoms with Gasteiger partial charge >= 0.3 is 0 Å². The van der Waals surface area contributed by atoms with Crippen molar-refractivity contribution in [1.29, 1.82) is 0 Å². The van der Waals surface area contributed by atoms with E-state index in [-0.39, 0.29) is 10.8 Å². The molecule has 5 rings (SSSR count). The molecule has 8 nitrogen and oxygen atoms in total. The van der Waals surface area contributed by atoms with Gasteiger partial charge < -0.3 is 25.0 Å². The van der Waals surface area contributed by atoms with Gasteiger partial charge in [-0.2, -0.15) is 5.10 Å². The van der Waals surface area contributed by atoms with Crippen LogP contribution in [0.1, 0.15) is 25.5 Å². The van der Waals surface area contributed by atoms with Gasteiger partial charge in [-0.1, -0.05) is 18.0 Å². The molecule has 0 radical (unpaired) electrons. The summed E-state index contributed by atoms with van der Waals surface area (Å²) in [7, 11) is 0. The van der Waals surface area contributed by atoms with Crippen molar-refractivity contribution in [1.82, 2.24) is 14.8 Å². The van der Waals surface area contributed by atoms with Crippen molar-refractivity contribution in [2.75, 3.05) is 24.6 Å². The Bertz CT molecular complexity index is 950. The van der Waals surface area contributed by atoms with Crippen LogP contribution in [-0.4, -0.2) is 74.0 Å². The SMILES string of the molecule is OC[C@H]1O[C@@H](n2ncc3c(N4C[C@H]5CCC[C@H]5C4)cc(Cl)nc32)[C@H](O)[C@@]1(O)C(F)F. The van der Waals surface area contributed by atoms with Gasteiger partial charge in [-0.25, -0.2) is 18.4 Å². The minimum Gasteiger partial charge on any atom is -0.394 e. The molecule has 3 fully saturated rings. The van der Waals surface area contributed by atoms with E-state index in [1.807, 2.05) is 0 Å². The molecule has 0 spiro atoms. The molecule has 2 saturated heterocycles. The smallest absolute Gasteiger partial charge is 0.272 e. The predicted octanol–water partition coefficient (Wildman–Crippen LogP) is 1.57. The average molecular weight is 445 g/mol. The van der Waals surface area contributed by atoms with E-state index in [0.29, 0.717) is 17.2 Å². The van der Waals surface area contributed by atoms with Crippen molar-refractivity contribution in [2.24, 2.45) is 11.8 Å². The van der Waals surface area contributed by atoms with Gasteiger partial charge in [0, 0.05) is 13.1 Å². The van der Waals surface area contributed by atoms with Crippen LogP contribution in [0.2, 0.25) is 5.15 Å². The number of ether oxygens (including phenoxy) is 1. The Labute approximate surface area is 176 Å². The Morgan fingerprint density at radius 1 is 1.30 bits per heavy atom. The summed E-state index contributed by atoms with van der Waals surface area (Å²) in [5.41, 5.74) is -1.82. The van der Waals surface area contributed by atoms with Crippen LogP contribution in [0, 0.1) is 11.8 Å². The molecule has 0 aromatic carbocycles. The second-order valence-corrected chi connectivity index (χ2v) is 8.86. The average Bonchev–Trinajstić information content (AvgIpc) is 3.45. The van der Waals surface area contributed by atoms with Crippen molar-refractivity contribution in [3.63, 3.8) is 0 Å². The number of aromatic nitrogens is 3. The number of alkyl halides is 2. The lowest BCUT2D eigenvalue weighted by atomic mass is 9.93. The van der Waals surface area contributed by atoms with E-state index < -0.39 is 37.1 Å². The number of aliphatic hydroxyl groups excluding tert-OH is 2. The van der Waals surface area contributed by atoms with Gasteiger partial charge in [-0.3, -0.25) is 0 Å². The van der Waals surface area contributed by atoms with Gasteiger partial charge in [0.15, 0.2) is 17.5 Å². The van der Waals surface area contributed by atoms with E-state index in [9.17, 15) is 24.1 Å². The Morgan fingerprint density at radius 3 is 2.60 bits per heavy atom. The first kappa shape index (κ1) is 20.3. The summed E-state index contributed by atoms with van der Waals surface area (Å²) in [5, 5.41) is 35.3. The van der Waals surface area contributed by atoms with Crippen LogP contribution in [0.5, 0.6) is 0 Å². The lowest BCUT2D eigenvalue weighted by molar-refractivity contribution is -0.172. The van der Waals surface area contributed by atoms with Crippen LogP contribution in [0.4, 0.5) is 14.5 Å². The molecule has 0 unspecified atom stereocenters. The van der Waals surface area contributed by atoms with Crippen molar-refractivity contribution < 1.29 is 28.8 Å². The van der Waals surface area contributed by atoms with Gasteiger partial charge in [0.1, 0.15) is 17.4 Å². The van der Waals surface area contributed by atoms with Crippen LogP contribution in [0.25, 0.3) is 11.0 Å². The highest BCUT2D eigenvalue weighted by atomic mass is 35.5. The van der Waals surface area contributed by atoms with Crippen molar-refractivity contribution in [3.8, 4) is 0 Å². The molecule has 4 heterocycles. The first-order valence-electron chi connectivity index (χ1n) is 10.1. The number of pyridine rings is 1. The molecule has 30 heavy (non-hydrogen) atoms. The molecule has 0 bridgehead atoms. The summed E-state index contributed by atoms with van der Waals surface area (Å²) < 4.78 is 33.6. The number of aliphatic hydroxyl groups is 3. The summed E-state index contributed by atoms with van der Waals surface area (Å²) in [6, 6.07) is 1.76. The summed E-state index contributed by atoms with van der Waals surface area (Å²) >= 11 is 6.27. The fraction of sp³-hybridized carbons (Fsp3) is 0.684. The summed E-state index contributed by atoms with van der Waals surface area (Å²) in [5.74, 6) is 1.29. The Balaban J connectivity index is 1.53. The lowest BCUT2D eigenvalue weighted by Crippen LogP contribution is -2.54. The van der Waals surface area contributed by atoms with Crippen LogP contribution >= 0.6 is 11.6 Å². The first-order chi connectivity index (χ1) is 14.3. The molecule has 11 heteroatoms. The van der Waals surface area contributed by atoms with Crippen molar-refractivity contribution >= 4 is 28.3 Å². The number of fused-ring (bicyclic) bond motifs is 2. The van der Waals surface area contributed by atoms with Gasteiger partial charge in [0.05, 0.1) is 23.9 Å². The monoisotopic (exact) mass is 444 g/mol. The summed E-state index contributed by atoms with van der Waals surface area (Å²) in [6.07, 6.45) is -3.27. The zero-order valence-corrected chi connectivity index (χ0v) is 16.8. The van der Waals surface area contributed by atoms with Crippen LogP contribution in [0.15, 0.2) is 12.3 Å². The standard InChI is InChI=1S/C19H23ClF2N4O4/c20-14-4-12(25-6-9-2-1-3-10(9)7-25)11-5-23-26(16(11)24-14)17-15(28)19(29,18(21)22)13(8-27)30-17/h4-5,9-10,13,15,17-18,27-29H,1-3,6-8H2/t9-,10+,13-,15+,17-,19-/m1/s1. The molecule has 6 atom stereocenters. The molecule has 2 aromatic heterocycles. The molecule has 1 saturated carbocycles. The highest BCUT2D eigenvalue weighted by Crippen LogP contribution is 2.44. The minimum absolute atomic E-state index is 0.201. The molecular formula is C19H23ClF2N4O4. The highest BCUT2D eigenvalue weighted by molar-refractivity contribution is 6.30. The quantitative estimate of drug-likeness (QED) is 0.615. The molecule has 2 aliphatic heterocycles. The zero-order valence-electron chi connectivity index (χ0n) is 16.0. The van der Waals surface area contributed by atoms with Crippen LogP contribution in [0.3, 0.4) is 0 Å². The molecule has 0 amide bonds. The maximum absolute atomic E-state index is 13.5. The molecule has 164 valence electrons. The zero-order chi connectivity index (χ0) is 21.2. The molecule has 3 N–H and O–H groups in total. The van der Waals surface area contributed by atoms with Gasteiger partial charge in [0.2, 0.25) is 0 Å². The third kappa shape index (κ3) is 2.85.